The van der Waals surface area contributed by atoms with E-state index in [2.05, 4.69) is 5.32 Å². The first-order chi connectivity index (χ1) is 12.0. The smallest absolute Gasteiger partial charge is 0.254 e. The summed E-state index contributed by atoms with van der Waals surface area (Å²) in [5.41, 5.74) is -0.403. The highest BCUT2D eigenvalue weighted by atomic mass is 16.5. The SMILES string of the molecule is COc1cccc(C(=O)N2CCN(C(=O)C3(C)CCNC3=O)CC2)c1. The normalized spacial score (nSPS) is 23.4. The molecule has 2 aliphatic heterocycles. The van der Waals surface area contributed by atoms with Gasteiger partial charge in [-0.3, -0.25) is 14.4 Å². The molecule has 134 valence electrons. The minimum Gasteiger partial charge on any atom is -0.497 e. The summed E-state index contributed by atoms with van der Waals surface area (Å²) in [5.74, 6) is 0.221. The molecule has 2 heterocycles. The van der Waals surface area contributed by atoms with Crippen molar-refractivity contribution in [1.29, 1.82) is 0 Å². The molecule has 1 aromatic carbocycles. The van der Waals surface area contributed by atoms with Crippen molar-refractivity contribution in [2.75, 3.05) is 39.8 Å². The van der Waals surface area contributed by atoms with Crippen LogP contribution in [0.1, 0.15) is 23.7 Å². The maximum absolute atomic E-state index is 12.7. The first-order valence-electron chi connectivity index (χ1n) is 8.47. The Morgan fingerprint density at radius 1 is 1.16 bits per heavy atom. The van der Waals surface area contributed by atoms with Crippen LogP contribution >= 0.6 is 0 Å². The number of ether oxygens (including phenoxy) is 1. The molecule has 2 fully saturated rings. The van der Waals surface area contributed by atoms with E-state index in [9.17, 15) is 14.4 Å². The first-order valence-corrected chi connectivity index (χ1v) is 8.47. The van der Waals surface area contributed by atoms with Gasteiger partial charge < -0.3 is 19.9 Å². The predicted octanol–water partition coefficient (Wildman–Crippen LogP) is 0.506. The van der Waals surface area contributed by atoms with Crippen LogP contribution in [0.4, 0.5) is 0 Å². The number of hydrogen-bond donors (Lipinski definition) is 1. The van der Waals surface area contributed by atoms with Gasteiger partial charge in [0.2, 0.25) is 11.8 Å². The Hall–Kier alpha value is -2.57. The molecule has 2 aliphatic rings. The lowest BCUT2D eigenvalue weighted by molar-refractivity contribution is -0.148. The van der Waals surface area contributed by atoms with E-state index in [1.165, 1.54) is 0 Å². The number of benzene rings is 1. The van der Waals surface area contributed by atoms with Crippen molar-refractivity contribution in [3.63, 3.8) is 0 Å². The van der Waals surface area contributed by atoms with Gasteiger partial charge in [-0.15, -0.1) is 0 Å². The second-order valence-electron chi connectivity index (χ2n) is 6.65. The fourth-order valence-electron chi connectivity index (χ4n) is 3.34. The molecule has 0 radical (unpaired) electrons. The fourth-order valence-corrected chi connectivity index (χ4v) is 3.34. The lowest BCUT2D eigenvalue weighted by Gasteiger charge is -2.37. The Balaban J connectivity index is 1.62. The topological polar surface area (TPSA) is 79.0 Å². The molecule has 1 unspecified atom stereocenters. The zero-order valence-corrected chi connectivity index (χ0v) is 14.6. The van der Waals surface area contributed by atoms with E-state index < -0.39 is 5.41 Å². The third kappa shape index (κ3) is 3.18. The molecule has 0 bridgehead atoms. The Labute approximate surface area is 146 Å². The second-order valence-corrected chi connectivity index (χ2v) is 6.65. The number of hydrogen-bond acceptors (Lipinski definition) is 4. The summed E-state index contributed by atoms with van der Waals surface area (Å²) >= 11 is 0. The molecule has 1 atom stereocenters. The molecule has 1 N–H and O–H groups in total. The molecular formula is C18H23N3O4. The summed E-state index contributed by atoms with van der Waals surface area (Å²) in [6.45, 7) is 4.04. The molecule has 3 amide bonds. The summed E-state index contributed by atoms with van der Waals surface area (Å²) in [5, 5.41) is 2.73. The lowest BCUT2D eigenvalue weighted by atomic mass is 9.87. The van der Waals surface area contributed by atoms with Gasteiger partial charge in [-0.2, -0.15) is 0 Å². The Kier molecular flexibility index (Phi) is 4.65. The van der Waals surface area contributed by atoms with Gasteiger partial charge >= 0.3 is 0 Å². The number of methoxy groups -OCH3 is 1. The minimum absolute atomic E-state index is 0.0733. The van der Waals surface area contributed by atoms with Crippen LogP contribution < -0.4 is 10.1 Å². The van der Waals surface area contributed by atoms with Gasteiger partial charge in [-0.25, -0.2) is 0 Å². The van der Waals surface area contributed by atoms with Crippen LogP contribution in [0, 0.1) is 5.41 Å². The van der Waals surface area contributed by atoms with E-state index >= 15 is 0 Å². The molecule has 0 spiro atoms. The van der Waals surface area contributed by atoms with E-state index in [0.717, 1.165) is 0 Å². The summed E-state index contributed by atoms with van der Waals surface area (Å²) in [4.78, 5) is 40.7. The number of rotatable bonds is 3. The molecule has 2 saturated heterocycles. The second kappa shape index (κ2) is 6.74. The highest BCUT2D eigenvalue weighted by Crippen LogP contribution is 2.29. The van der Waals surface area contributed by atoms with Crippen molar-refractivity contribution >= 4 is 17.7 Å². The van der Waals surface area contributed by atoms with Crippen molar-refractivity contribution in [2.24, 2.45) is 5.41 Å². The van der Waals surface area contributed by atoms with E-state index in [1.54, 1.807) is 48.1 Å². The number of amides is 3. The van der Waals surface area contributed by atoms with Crippen molar-refractivity contribution in [1.82, 2.24) is 15.1 Å². The van der Waals surface area contributed by atoms with Crippen LogP contribution in [-0.4, -0.2) is 67.4 Å². The van der Waals surface area contributed by atoms with Gasteiger partial charge in [0.05, 0.1) is 7.11 Å². The van der Waals surface area contributed by atoms with Crippen LogP contribution in [-0.2, 0) is 9.59 Å². The van der Waals surface area contributed by atoms with Crippen molar-refractivity contribution < 1.29 is 19.1 Å². The number of nitrogens with one attached hydrogen (secondary N) is 1. The number of nitrogens with zero attached hydrogens (tertiary/aromatic N) is 2. The van der Waals surface area contributed by atoms with Gasteiger partial charge in [0.1, 0.15) is 11.2 Å². The minimum atomic E-state index is -0.973. The van der Waals surface area contributed by atoms with Crippen molar-refractivity contribution in [3.8, 4) is 5.75 Å². The zero-order chi connectivity index (χ0) is 18.0. The lowest BCUT2D eigenvalue weighted by Crippen LogP contribution is -2.55. The zero-order valence-electron chi connectivity index (χ0n) is 14.6. The molecule has 1 aromatic rings. The largest absolute Gasteiger partial charge is 0.497 e. The van der Waals surface area contributed by atoms with E-state index in [-0.39, 0.29) is 17.7 Å². The van der Waals surface area contributed by atoms with Gasteiger partial charge in [-0.1, -0.05) is 6.07 Å². The third-order valence-electron chi connectivity index (χ3n) is 5.05. The Morgan fingerprint density at radius 2 is 1.84 bits per heavy atom. The van der Waals surface area contributed by atoms with Crippen LogP contribution in [0.2, 0.25) is 0 Å². The van der Waals surface area contributed by atoms with Crippen LogP contribution in [0.5, 0.6) is 5.75 Å². The number of carbonyl (C=O) groups is 3. The average molecular weight is 345 g/mol. The quantitative estimate of drug-likeness (QED) is 0.810. The van der Waals surface area contributed by atoms with E-state index in [1.807, 2.05) is 0 Å². The molecule has 25 heavy (non-hydrogen) atoms. The van der Waals surface area contributed by atoms with E-state index in [0.29, 0.717) is 50.5 Å². The average Bonchev–Trinajstić information content (AvgIpc) is 3.00. The van der Waals surface area contributed by atoms with E-state index in [4.69, 9.17) is 4.74 Å². The monoisotopic (exact) mass is 345 g/mol. The molecule has 0 saturated carbocycles. The van der Waals surface area contributed by atoms with Crippen molar-refractivity contribution in [2.45, 2.75) is 13.3 Å². The van der Waals surface area contributed by atoms with Crippen LogP contribution in [0.25, 0.3) is 0 Å². The van der Waals surface area contributed by atoms with Gasteiger partial charge in [0.25, 0.3) is 5.91 Å². The summed E-state index contributed by atoms with van der Waals surface area (Å²) in [6.07, 6.45) is 0.521. The molecule has 0 aromatic heterocycles. The molecule has 0 aliphatic carbocycles. The maximum Gasteiger partial charge on any atom is 0.254 e. The number of carbonyl (C=O) groups excluding carboxylic acids is 3. The molecule has 3 rings (SSSR count). The molecular weight excluding hydrogens is 322 g/mol. The Morgan fingerprint density at radius 3 is 2.44 bits per heavy atom. The van der Waals surface area contributed by atoms with Crippen molar-refractivity contribution in [3.05, 3.63) is 29.8 Å². The summed E-state index contributed by atoms with van der Waals surface area (Å²) in [7, 11) is 1.56. The Bertz CT molecular complexity index is 697. The maximum atomic E-state index is 12.7. The fraction of sp³-hybridized carbons (Fsp3) is 0.500. The summed E-state index contributed by atoms with van der Waals surface area (Å²) < 4.78 is 5.16. The van der Waals surface area contributed by atoms with Gasteiger partial charge in [0.15, 0.2) is 0 Å². The standard InChI is InChI=1S/C18H23N3O4/c1-18(6-7-19-16(18)23)17(24)21-10-8-20(9-11-21)15(22)13-4-3-5-14(12-13)25-2/h3-5,12H,6-11H2,1-2H3,(H,19,23). The first kappa shape index (κ1) is 17.3. The highest BCUT2D eigenvalue weighted by molar-refractivity contribution is 6.06. The molecule has 7 nitrogen and oxygen atoms in total. The third-order valence-corrected chi connectivity index (χ3v) is 5.05. The van der Waals surface area contributed by atoms with Gasteiger partial charge in [0, 0.05) is 38.3 Å². The van der Waals surface area contributed by atoms with Gasteiger partial charge in [-0.05, 0) is 31.5 Å². The summed E-state index contributed by atoms with van der Waals surface area (Å²) in [6, 6.07) is 7.04. The molecule has 7 heteroatoms. The van der Waals surface area contributed by atoms with Crippen LogP contribution in [0.3, 0.4) is 0 Å². The highest BCUT2D eigenvalue weighted by Gasteiger charge is 2.47. The predicted molar refractivity (Wildman–Crippen MR) is 91.2 cm³/mol. The van der Waals surface area contributed by atoms with Crippen LogP contribution in [0.15, 0.2) is 24.3 Å². The number of piperazine rings is 1.